The summed E-state index contributed by atoms with van der Waals surface area (Å²) in [5.74, 6) is 2.57. The molecule has 7 heteroatoms. The van der Waals surface area contributed by atoms with Gasteiger partial charge in [-0.1, -0.05) is 94.0 Å². The molecule has 0 nitrogen and oxygen atoms in total. The van der Waals surface area contributed by atoms with Crippen LogP contribution in [0.3, 0.4) is 0 Å². The van der Waals surface area contributed by atoms with Gasteiger partial charge in [0.25, 0.3) is 0 Å². The van der Waals surface area contributed by atoms with E-state index in [1.165, 1.54) is 13.8 Å². The molecule has 1 aromatic heterocycles. The van der Waals surface area contributed by atoms with E-state index in [1.807, 2.05) is 0 Å². The van der Waals surface area contributed by atoms with Gasteiger partial charge < -0.3 is 0 Å². The summed E-state index contributed by atoms with van der Waals surface area (Å²) in [5.41, 5.74) is 4.26. The van der Waals surface area contributed by atoms with Gasteiger partial charge >= 0.3 is 0 Å². The first-order valence-electron chi connectivity index (χ1n) is 8.79. The zero-order valence-electron chi connectivity index (χ0n) is 14.3. The largest absolute Gasteiger partial charge is 0.0746 e. The van der Waals surface area contributed by atoms with Crippen molar-refractivity contribution in [3.8, 4) is 0 Å². The lowest BCUT2D eigenvalue weighted by molar-refractivity contribution is 1.75. The molecular weight excluding hydrogens is 457 g/mol. The summed E-state index contributed by atoms with van der Waals surface area (Å²) >= 11 is 0. The summed E-state index contributed by atoms with van der Waals surface area (Å²) in [6.45, 7) is -0.482. The van der Waals surface area contributed by atoms with Crippen LogP contribution in [0.25, 0.3) is 10.2 Å². The van der Waals surface area contributed by atoms with Crippen molar-refractivity contribution in [3.63, 3.8) is 0 Å². The van der Waals surface area contributed by atoms with E-state index in [1.54, 1.807) is 41.9 Å². The SMILES string of the molecule is C1=P[P](p2cpc3ccccc32)([PH]2=Pc3ccccc3P2)c2ccccc21. The monoisotopic (exact) mass is 473 g/mol. The highest BCUT2D eigenvalue weighted by molar-refractivity contribution is 9.00. The Morgan fingerprint density at radius 3 is 2.67 bits per heavy atom. The highest BCUT2D eigenvalue weighted by Crippen LogP contribution is 3.07. The Balaban J connectivity index is 1.66. The first-order chi connectivity index (χ1) is 13.4. The van der Waals surface area contributed by atoms with E-state index in [0.29, 0.717) is 0 Å². The van der Waals surface area contributed by atoms with Gasteiger partial charge in [0.15, 0.2) is 0 Å². The van der Waals surface area contributed by atoms with Crippen molar-refractivity contribution in [2.45, 2.75) is 0 Å². The zero-order valence-corrected chi connectivity index (χ0v) is 20.8. The van der Waals surface area contributed by atoms with E-state index in [9.17, 15) is 0 Å². The quantitative estimate of drug-likeness (QED) is 0.258. The molecule has 4 atom stereocenters. The molecular formula is C20H16P7. The molecule has 0 saturated carbocycles. The van der Waals surface area contributed by atoms with Crippen molar-refractivity contribution in [1.82, 2.24) is 0 Å². The zero-order chi connectivity index (χ0) is 17.8. The predicted octanol–water partition coefficient (Wildman–Crippen LogP) is 8.09. The maximum absolute atomic E-state index is 2.72. The van der Waals surface area contributed by atoms with Crippen LogP contribution in [0.4, 0.5) is 0 Å². The molecule has 0 spiro atoms. The molecule has 4 unspecified atom stereocenters. The van der Waals surface area contributed by atoms with E-state index in [2.05, 4.69) is 84.1 Å². The van der Waals surface area contributed by atoms with Gasteiger partial charge in [0, 0.05) is 21.9 Å². The van der Waals surface area contributed by atoms with Crippen LogP contribution in [-0.4, -0.2) is 5.80 Å². The third-order valence-electron chi connectivity index (χ3n) is 5.06. The Morgan fingerprint density at radius 1 is 0.889 bits per heavy atom. The molecule has 0 bridgehead atoms. The Bertz CT molecular complexity index is 1270. The van der Waals surface area contributed by atoms with E-state index in [0.717, 1.165) is 8.27 Å². The molecule has 4 aromatic rings. The molecule has 0 aliphatic carbocycles. The highest BCUT2D eigenvalue weighted by Gasteiger charge is 2.41. The van der Waals surface area contributed by atoms with E-state index in [4.69, 9.17) is 0 Å². The summed E-state index contributed by atoms with van der Waals surface area (Å²) in [4.78, 5) is 0. The second-order valence-corrected chi connectivity index (χ2v) is 33.7. The van der Waals surface area contributed by atoms with Crippen LogP contribution >= 0.6 is 52.4 Å². The molecule has 3 aromatic carbocycles. The molecule has 2 aliphatic heterocycles. The number of fused-ring (bicyclic) bond motifs is 3. The third kappa shape index (κ3) is 2.71. The summed E-state index contributed by atoms with van der Waals surface area (Å²) in [7, 11) is 5.68. The van der Waals surface area contributed by atoms with Crippen LogP contribution < -0.4 is 15.9 Å². The van der Waals surface area contributed by atoms with Gasteiger partial charge in [0.1, 0.15) is 0 Å². The minimum atomic E-state index is -1.23. The average molecular weight is 473 g/mol. The Labute approximate surface area is 167 Å². The second kappa shape index (κ2) is 6.99. The Hall–Kier alpha value is -0.110. The fourth-order valence-electron chi connectivity index (χ4n) is 3.79. The third-order valence-corrected chi connectivity index (χ3v) is 49.7. The van der Waals surface area contributed by atoms with Gasteiger partial charge in [0.05, 0.1) is 0 Å². The van der Waals surface area contributed by atoms with Crippen LogP contribution in [0, 0.1) is 0 Å². The van der Waals surface area contributed by atoms with E-state index < -0.39 is 12.9 Å². The molecule has 0 saturated heterocycles. The Morgan fingerprint density at radius 2 is 1.70 bits per heavy atom. The van der Waals surface area contributed by atoms with Gasteiger partial charge in [-0.3, -0.25) is 0 Å². The van der Waals surface area contributed by atoms with Crippen molar-refractivity contribution < 1.29 is 0 Å². The van der Waals surface area contributed by atoms with Crippen LogP contribution in [-0.2, 0) is 0 Å². The van der Waals surface area contributed by atoms with Gasteiger partial charge in [-0.25, -0.2) is 0 Å². The summed E-state index contributed by atoms with van der Waals surface area (Å²) in [6, 6.07) is 27.9. The summed E-state index contributed by atoms with van der Waals surface area (Å²) in [6.07, 6.45) is -1.23. The topological polar surface area (TPSA) is 0 Å². The molecule has 6 rings (SSSR count). The molecule has 0 fully saturated rings. The van der Waals surface area contributed by atoms with Crippen LogP contribution in [0.5, 0.6) is 0 Å². The summed E-state index contributed by atoms with van der Waals surface area (Å²) < 4.78 is 0. The molecule has 0 amide bonds. The van der Waals surface area contributed by atoms with Crippen molar-refractivity contribution in [1.29, 1.82) is 0 Å². The smallest absolute Gasteiger partial charge is 0.0180 e. The van der Waals surface area contributed by atoms with E-state index in [-0.39, 0.29) is 7.22 Å². The number of hydrogen-bond donors (Lipinski definition) is 0. The highest BCUT2D eigenvalue weighted by atomic mass is 32.9. The van der Waals surface area contributed by atoms with Crippen LogP contribution in [0.15, 0.2) is 78.3 Å². The molecule has 0 N–H and O–H groups in total. The maximum Gasteiger partial charge on any atom is 0.0180 e. The fraction of sp³-hybridized carbons (Fsp3) is 0. The number of benzene rings is 3. The lowest BCUT2D eigenvalue weighted by Gasteiger charge is -2.33. The molecule has 131 valence electrons. The summed E-state index contributed by atoms with van der Waals surface area (Å²) in [5, 5.41) is 8.30. The fourth-order valence-corrected chi connectivity index (χ4v) is 57.6. The minimum absolute atomic E-state index is 0.171. The molecule has 3 heterocycles. The number of hydrogen-bond acceptors (Lipinski definition) is 0. The molecule has 1 radical (unpaired) electrons. The molecule has 27 heavy (non-hydrogen) atoms. The lowest BCUT2D eigenvalue weighted by Crippen LogP contribution is -2.08. The first kappa shape index (κ1) is 17.7. The second-order valence-electron chi connectivity index (χ2n) is 6.56. The number of rotatable bonds is 2. The van der Waals surface area contributed by atoms with Crippen LogP contribution in [0.2, 0.25) is 0 Å². The standard InChI is InChI=1S/C20H16P7/c1-6-12-20-15(7-1)13-22-27(20,25-14-21-18-10-4-5-11-19(18)25)26-23-16-8-2-3-9-17(16)24-26/h1-14,23,26H. The minimum Gasteiger partial charge on any atom is -0.0746 e. The van der Waals surface area contributed by atoms with Crippen molar-refractivity contribution in [3.05, 3.63) is 83.9 Å². The van der Waals surface area contributed by atoms with Crippen molar-refractivity contribution >= 4 is 84.3 Å². The predicted molar refractivity (Wildman–Crippen MR) is 139 cm³/mol. The van der Waals surface area contributed by atoms with Crippen molar-refractivity contribution in [2.24, 2.45) is 0 Å². The van der Waals surface area contributed by atoms with Gasteiger partial charge in [0.2, 0.25) is 0 Å². The van der Waals surface area contributed by atoms with Gasteiger partial charge in [-0.15, -0.1) is 0 Å². The van der Waals surface area contributed by atoms with Gasteiger partial charge in [-0.05, 0) is 52.3 Å². The van der Waals surface area contributed by atoms with Gasteiger partial charge in [-0.2, -0.15) is 0 Å². The van der Waals surface area contributed by atoms with Crippen molar-refractivity contribution in [2.75, 3.05) is 0 Å². The maximum atomic E-state index is 2.72. The lowest BCUT2D eigenvalue weighted by atomic mass is 10.2. The van der Waals surface area contributed by atoms with E-state index >= 15 is 0 Å². The normalized spacial score (nSPS) is 25.6. The van der Waals surface area contributed by atoms with Crippen LogP contribution in [0.1, 0.15) is 5.56 Å². The Kier molecular flexibility index (Phi) is 4.59. The first-order valence-corrected chi connectivity index (χ1v) is 21.4. The average Bonchev–Trinajstić information content (AvgIpc) is 3.43. The molecule has 2 aliphatic rings.